The maximum Gasteiger partial charge on any atom is 0.214 e. The van der Waals surface area contributed by atoms with E-state index in [0.717, 1.165) is 12.8 Å². The Balaban J connectivity index is 2.10. The molecule has 0 bridgehead atoms. The molecule has 0 spiro atoms. The zero-order valence-electron chi connectivity index (χ0n) is 7.36. The molecule has 0 amide bonds. The number of hydrogen-bond acceptors (Lipinski definition) is 2. The largest absolute Gasteiger partial charge is 0.214 e. The molecular formula is C8H15NO2S. The maximum atomic E-state index is 11.5. The molecule has 0 N–H and O–H groups in total. The Bertz CT molecular complexity index is 261. The Morgan fingerprint density at radius 1 is 1.25 bits per heavy atom. The fourth-order valence-electron chi connectivity index (χ4n) is 2.22. The van der Waals surface area contributed by atoms with Crippen LogP contribution in [0, 0.1) is 0 Å². The molecule has 1 unspecified atom stereocenters. The smallest absolute Gasteiger partial charge is 0.212 e. The molecule has 0 radical (unpaired) electrons. The minimum atomic E-state index is -2.87. The van der Waals surface area contributed by atoms with Gasteiger partial charge in [-0.1, -0.05) is 12.8 Å². The molecule has 1 aliphatic heterocycles. The Morgan fingerprint density at radius 3 is 2.17 bits per heavy atom. The Morgan fingerprint density at radius 2 is 1.75 bits per heavy atom. The summed E-state index contributed by atoms with van der Waals surface area (Å²) in [7, 11) is -2.87. The highest BCUT2D eigenvalue weighted by Crippen LogP contribution is 2.42. The first kappa shape index (κ1) is 8.51. The second-order valence-electron chi connectivity index (χ2n) is 3.65. The van der Waals surface area contributed by atoms with E-state index in [4.69, 9.17) is 0 Å². The molecule has 70 valence electrons. The predicted molar refractivity (Wildman–Crippen MR) is 47.3 cm³/mol. The van der Waals surface area contributed by atoms with Gasteiger partial charge in [-0.3, -0.25) is 0 Å². The van der Waals surface area contributed by atoms with Crippen molar-refractivity contribution in [3.05, 3.63) is 0 Å². The number of sulfonamides is 1. The summed E-state index contributed by atoms with van der Waals surface area (Å²) in [6.07, 6.45) is 4.58. The molecule has 2 rings (SSSR count). The van der Waals surface area contributed by atoms with Crippen molar-refractivity contribution in [1.29, 1.82) is 0 Å². The fraction of sp³-hybridized carbons (Fsp3) is 1.00. The summed E-state index contributed by atoms with van der Waals surface area (Å²) in [5.41, 5.74) is 0. The third-order valence-corrected chi connectivity index (χ3v) is 4.86. The second-order valence-corrected chi connectivity index (χ2v) is 5.81. The normalized spacial score (nSPS) is 40.6. The van der Waals surface area contributed by atoms with Gasteiger partial charge in [0.15, 0.2) is 0 Å². The van der Waals surface area contributed by atoms with E-state index in [1.165, 1.54) is 12.8 Å². The summed E-state index contributed by atoms with van der Waals surface area (Å²) in [5.74, 6) is 0.264. The number of fused-ring (bicyclic) bond motifs is 1. The monoisotopic (exact) mass is 189 g/mol. The minimum Gasteiger partial charge on any atom is -0.212 e. The van der Waals surface area contributed by atoms with E-state index < -0.39 is 10.0 Å². The summed E-state index contributed by atoms with van der Waals surface area (Å²) in [5, 5.41) is 0. The van der Waals surface area contributed by atoms with E-state index in [0.29, 0.717) is 12.1 Å². The van der Waals surface area contributed by atoms with Crippen molar-refractivity contribution in [2.75, 3.05) is 5.75 Å². The maximum absolute atomic E-state index is 11.5. The van der Waals surface area contributed by atoms with Crippen LogP contribution in [0.15, 0.2) is 0 Å². The summed E-state index contributed by atoms with van der Waals surface area (Å²) < 4.78 is 24.6. The summed E-state index contributed by atoms with van der Waals surface area (Å²) in [4.78, 5) is 0. The van der Waals surface area contributed by atoms with Gasteiger partial charge in [-0.05, 0) is 19.8 Å². The van der Waals surface area contributed by atoms with Crippen molar-refractivity contribution < 1.29 is 8.42 Å². The first-order chi connectivity index (χ1) is 5.67. The molecule has 3 nitrogen and oxygen atoms in total. The molecule has 3 atom stereocenters. The molecule has 2 fully saturated rings. The van der Waals surface area contributed by atoms with Gasteiger partial charge in [-0.2, -0.15) is 4.31 Å². The highest BCUT2D eigenvalue weighted by Gasteiger charge is 2.54. The topological polar surface area (TPSA) is 37.1 Å². The SMILES string of the molecule is CCS(=O)(=O)N1[C@@H]2CCCC[C@@H]21. The van der Waals surface area contributed by atoms with Gasteiger partial charge in [-0.15, -0.1) is 0 Å². The molecule has 12 heavy (non-hydrogen) atoms. The third-order valence-electron chi connectivity index (χ3n) is 2.94. The lowest BCUT2D eigenvalue weighted by atomic mass is 10.0. The van der Waals surface area contributed by atoms with Crippen molar-refractivity contribution in [1.82, 2.24) is 4.31 Å². The van der Waals surface area contributed by atoms with Gasteiger partial charge in [-0.25, -0.2) is 8.42 Å². The predicted octanol–water partition coefficient (Wildman–Crippen LogP) is 0.963. The summed E-state index contributed by atoms with van der Waals surface area (Å²) >= 11 is 0. The fourth-order valence-corrected chi connectivity index (χ4v) is 3.78. The minimum absolute atomic E-state index is 0.264. The van der Waals surface area contributed by atoms with Crippen LogP contribution in [0.4, 0.5) is 0 Å². The van der Waals surface area contributed by atoms with Crippen LogP contribution >= 0.6 is 0 Å². The number of rotatable bonds is 2. The van der Waals surface area contributed by atoms with Gasteiger partial charge in [0.05, 0.1) is 5.75 Å². The second kappa shape index (κ2) is 2.70. The van der Waals surface area contributed by atoms with Crippen LogP contribution < -0.4 is 0 Å². The van der Waals surface area contributed by atoms with E-state index in [1.54, 1.807) is 11.2 Å². The van der Waals surface area contributed by atoms with Crippen LogP contribution in [-0.2, 0) is 10.0 Å². The molecule has 1 aliphatic carbocycles. The lowest BCUT2D eigenvalue weighted by Gasteiger charge is -2.02. The van der Waals surface area contributed by atoms with Crippen LogP contribution in [-0.4, -0.2) is 30.6 Å². The van der Waals surface area contributed by atoms with E-state index in [-0.39, 0.29) is 5.75 Å². The molecule has 1 saturated heterocycles. The van der Waals surface area contributed by atoms with Gasteiger partial charge in [0, 0.05) is 12.1 Å². The number of nitrogens with zero attached hydrogens (tertiary/aromatic N) is 1. The molecule has 0 aromatic rings. The van der Waals surface area contributed by atoms with Gasteiger partial charge >= 0.3 is 0 Å². The van der Waals surface area contributed by atoms with Gasteiger partial charge in [0.25, 0.3) is 0 Å². The van der Waals surface area contributed by atoms with Crippen LogP contribution in [0.3, 0.4) is 0 Å². The van der Waals surface area contributed by atoms with Crippen LogP contribution in [0.1, 0.15) is 32.6 Å². The molecule has 1 heterocycles. The van der Waals surface area contributed by atoms with Crippen LogP contribution in [0.25, 0.3) is 0 Å². The van der Waals surface area contributed by atoms with Crippen molar-refractivity contribution in [2.24, 2.45) is 0 Å². The standard InChI is InChI=1S/C8H15NO2S/c1-2-12(10,11)9-7-5-3-4-6-8(7)9/h7-8H,2-6H2,1H3/t7-,8+,9?. The Kier molecular flexibility index (Phi) is 1.92. The van der Waals surface area contributed by atoms with Gasteiger partial charge in [0.1, 0.15) is 0 Å². The van der Waals surface area contributed by atoms with E-state index in [1.807, 2.05) is 0 Å². The zero-order chi connectivity index (χ0) is 8.77. The third kappa shape index (κ3) is 1.17. The summed E-state index contributed by atoms with van der Waals surface area (Å²) in [6, 6.07) is 0.757. The molecular weight excluding hydrogens is 174 g/mol. The van der Waals surface area contributed by atoms with E-state index in [2.05, 4.69) is 0 Å². The van der Waals surface area contributed by atoms with Crippen LogP contribution in [0.5, 0.6) is 0 Å². The lowest BCUT2D eigenvalue weighted by Crippen LogP contribution is -2.17. The Hall–Kier alpha value is -0.0900. The first-order valence-electron chi connectivity index (χ1n) is 4.68. The molecule has 0 aromatic heterocycles. The highest BCUT2D eigenvalue weighted by atomic mass is 32.2. The van der Waals surface area contributed by atoms with Crippen LogP contribution in [0.2, 0.25) is 0 Å². The average Bonchev–Trinajstić information content (AvgIpc) is 2.78. The van der Waals surface area contributed by atoms with Gasteiger partial charge in [0.2, 0.25) is 10.0 Å². The quantitative estimate of drug-likeness (QED) is 0.607. The molecule has 1 saturated carbocycles. The van der Waals surface area contributed by atoms with E-state index in [9.17, 15) is 8.42 Å². The van der Waals surface area contributed by atoms with E-state index >= 15 is 0 Å². The lowest BCUT2D eigenvalue weighted by molar-refractivity contribution is 0.546. The highest BCUT2D eigenvalue weighted by molar-refractivity contribution is 7.89. The molecule has 0 aromatic carbocycles. The van der Waals surface area contributed by atoms with Crippen molar-refractivity contribution in [3.63, 3.8) is 0 Å². The average molecular weight is 189 g/mol. The van der Waals surface area contributed by atoms with Crippen molar-refractivity contribution in [3.8, 4) is 0 Å². The molecule has 4 heteroatoms. The zero-order valence-corrected chi connectivity index (χ0v) is 8.18. The molecule has 2 aliphatic rings. The number of hydrogen-bond donors (Lipinski definition) is 0. The van der Waals surface area contributed by atoms with Crippen molar-refractivity contribution >= 4 is 10.0 Å². The Labute approximate surface area is 73.8 Å². The van der Waals surface area contributed by atoms with Crippen molar-refractivity contribution in [2.45, 2.75) is 44.7 Å². The summed E-state index contributed by atoms with van der Waals surface area (Å²) in [6.45, 7) is 1.72. The van der Waals surface area contributed by atoms with Gasteiger partial charge < -0.3 is 0 Å². The first-order valence-corrected chi connectivity index (χ1v) is 6.29.